The van der Waals surface area contributed by atoms with Crippen molar-refractivity contribution in [1.82, 2.24) is 9.38 Å². The summed E-state index contributed by atoms with van der Waals surface area (Å²) in [5, 5.41) is 0. The van der Waals surface area contributed by atoms with Gasteiger partial charge in [0.1, 0.15) is 5.65 Å². The van der Waals surface area contributed by atoms with Gasteiger partial charge in [-0.3, -0.25) is 4.40 Å². The number of hydrogen-bond acceptors (Lipinski definition) is 3. The predicted molar refractivity (Wildman–Crippen MR) is 84.3 cm³/mol. The van der Waals surface area contributed by atoms with Gasteiger partial charge in [0.2, 0.25) is 0 Å². The Labute approximate surface area is 130 Å². The van der Waals surface area contributed by atoms with E-state index in [0.717, 1.165) is 21.4 Å². The highest BCUT2D eigenvalue weighted by Crippen LogP contribution is 2.27. The SMILES string of the molecule is CCOC(=O)c1nc2ccccn2c1-c1ccc(Br)cc1. The normalized spacial score (nSPS) is 10.8. The quantitative estimate of drug-likeness (QED) is 0.676. The topological polar surface area (TPSA) is 43.6 Å². The maximum absolute atomic E-state index is 12.2. The number of halogens is 1. The highest BCUT2D eigenvalue weighted by Gasteiger charge is 2.21. The molecule has 0 aliphatic rings. The third-order valence-corrected chi connectivity index (χ3v) is 3.65. The summed E-state index contributed by atoms with van der Waals surface area (Å²) in [4.78, 5) is 16.6. The second kappa shape index (κ2) is 5.69. The zero-order valence-electron chi connectivity index (χ0n) is 11.4. The molecule has 0 spiro atoms. The van der Waals surface area contributed by atoms with Crippen LogP contribution in [0.3, 0.4) is 0 Å². The van der Waals surface area contributed by atoms with Gasteiger partial charge in [0, 0.05) is 16.2 Å². The van der Waals surface area contributed by atoms with Gasteiger partial charge in [-0.25, -0.2) is 9.78 Å². The number of imidazole rings is 1. The maximum Gasteiger partial charge on any atom is 0.359 e. The number of esters is 1. The van der Waals surface area contributed by atoms with Crippen LogP contribution in [0.25, 0.3) is 16.9 Å². The first-order valence-corrected chi connectivity index (χ1v) is 7.40. The molecule has 0 saturated heterocycles. The number of rotatable bonds is 3. The summed E-state index contributed by atoms with van der Waals surface area (Å²) in [6, 6.07) is 13.4. The van der Waals surface area contributed by atoms with Crippen molar-refractivity contribution < 1.29 is 9.53 Å². The average molecular weight is 345 g/mol. The van der Waals surface area contributed by atoms with Crippen molar-refractivity contribution in [3.63, 3.8) is 0 Å². The Morgan fingerprint density at radius 2 is 2.00 bits per heavy atom. The fraction of sp³-hybridized carbons (Fsp3) is 0.125. The van der Waals surface area contributed by atoms with Crippen molar-refractivity contribution in [2.75, 3.05) is 6.61 Å². The fourth-order valence-electron chi connectivity index (χ4n) is 2.22. The van der Waals surface area contributed by atoms with E-state index in [1.165, 1.54) is 0 Å². The van der Waals surface area contributed by atoms with Crippen LogP contribution in [0.2, 0.25) is 0 Å². The highest BCUT2D eigenvalue weighted by atomic mass is 79.9. The van der Waals surface area contributed by atoms with E-state index in [0.29, 0.717) is 12.3 Å². The second-order valence-electron chi connectivity index (χ2n) is 4.47. The summed E-state index contributed by atoms with van der Waals surface area (Å²) in [7, 11) is 0. The summed E-state index contributed by atoms with van der Waals surface area (Å²) < 4.78 is 8.00. The second-order valence-corrected chi connectivity index (χ2v) is 5.38. The van der Waals surface area contributed by atoms with Crippen LogP contribution in [0.1, 0.15) is 17.4 Å². The van der Waals surface area contributed by atoms with Crippen LogP contribution in [0.15, 0.2) is 53.1 Å². The molecule has 0 saturated carbocycles. The van der Waals surface area contributed by atoms with Crippen molar-refractivity contribution >= 4 is 27.5 Å². The van der Waals surface area contributed by atoms with Gasteiger partial charge >= 0.3 is 5.97 Å². The third kappa shape index (κ3) is 2.56. The van der Waals surface area contributed by atoms with E-state index in [-0.39, 0.29) is 0 Å². The van der Waals surface area contributed by atoms with E-state index in [4.69, 9.17) is 4.74 Å². The molecule has 2 aromatic heterocycles. The number of pyridine rings is 1. The Morgan fingerprint density at radius 1 is 1.24 bits per heavy atom. The van der Waals surface area contributed by atoms with Crippen molar-refractivity contribution in [1.29, 1.82) is 0 Å². The molecule has 0 atom stereocenters. The molecule has 0 bridgehead atoms. The van der Waals surface area contributed by atoms with Crippen molar-refractivity contribution in [3.05, 3.63) is 58.8 Å². The lowest BCUT2D eigenvalue weighted by atomic mass is 10.1. The Morgan fingerprint density at radius 3 is 2.71 bits per heavy atom. The number of carbonyl (C=O) groups is 1. The summed E-state index contributed by atoms with van der Waals surface area (Å²) in [6.07, 6.45) is 1.89. The molecule has 2 heterocycles. The Bertz CT molecular complexity index is 794. The van der Waals surface area contributed by atoms with E-state index >= 15 is 0 Å². The molecule has 0 unspecified atom stereocenters. The molecule has 3 aromatic rings. The maximum atomic E-state index is 12.2. The molecule has 1 aromatic carbocycles. The molecule has 0 N–H and O–H groups in total. The van der Waals surface area contributed by atoms with Crippen molar-refractivity contribution in [3.8, 4) is 11.3 Å². The summed E-state index contributed by atoms with van der Waals surface area (Å²) >= 11 is 3.42. The van der Waals surface area contributed by atoms with Crippen LogP contribution in [0.5, 0.6) is 0 Å². The minimum absolute atomic E-state index is 0.326. The predicted octanol–water partition coefficient (Wildman–Crippen LogP) is 3.94. The van der Waals surface area contributed by atoms with Gasteiger partial charge in [0.05, 0.1) is 12.3 Å². The van der Waals surface area contributed by atoms with Crippen LogP contribution in [-0.4, -0.2) is 22.0 Å². The molecule has 0 aliphatic heterocycles. The van der Waals surface area contributed by atoms with Crippen LogP contribution in [0, 0.1) is 0 Å². The number of nitrogens with zero attached hydrogens (tertiary/aromatic N) is 2. The largest absolute Gasteiger partial charge is 0.461 e. The fourth-order valence-corrected chi connectivity index (χ4v) is 2.49. The standard InChI is InChI=1S/C16H13BrN2O2/c1-2-21-16(20)14-15(11-6-8-12(17)9-7-11)19-10-4-3-5-13(19)18-14/h3-10H,2H2,1H3. The summed E-state index contributed by atoms with van der Waals surface area (Å²) in [5.41, 5.74) is 2.72. The average Bonchev–Trinajstić information content (AvgIpc) is 2.88. The van der Waals surface area contributed by atoms with Gasteiger partial charge in [-0.15, -0.1) is 0 Å². The zero-order valence-corrected chi connectivity index (χ0v) is 13.0. The number of fused-ring (bicyclic) bond motifs is 1. The molecule has 106 valence electrons. The van der Waals surface area contributed by atoms with Gasteiger partial charge in [-0.05, 0) is 31.2 Å². The molecule has 0 amide bonds. The molecule has 0 fully saturated rings. The summed E-state index contributed by atoms with van der Waals surface area (Å²) in [6.45, 7) is 2.11. The molecule has 4 nitrogen and oxygen atoms in total. The van der Waals surface area contributed by atoms with Gasteiger partial charge in [-0.2, -0.15) is 0 Å². The molecule has 21 heavy (non-hydrogen) atoms. The van der Waals surface area contributed by atoms with E-state index in [2.05, 4.69) is 20.9 Å². The molecular formula is C16H13BrN2O2. The number of aromatic nitrogens is 2. The van der Waals surface area contributed by atoms with Gasteiger partial charge < -0.3 is 4.74 Å². The number of carbonyl (C=O) groups excluding carboxylic acids is 1. The lowest BCUT2D eigenvalue weighted by molar-refractivity contribution is 0.0521. The first-order chi connectivity index (χ1) is 10.2. The van der Waals surface area contributed by atoms with Crippen LogP contribution >= 0.6 is 15.9 Å². The molecule has 0 radical (unpaired) electrons. The van der Waals surface area contributed by atoms with E-state index < -0.39 is 5.97 Å². The van der Waals surface area contributed by atoms with Crippen LogP contribution in [0.4, 0.5) is 0 Å². The number of ether oxygens (including phenoxy) is 1. The van der Waals surface area contributed by atoms with Gasteiger partial charge in [-0.1, -0.05) is 34.1 Å². The minimum atomic E-state index is -0.404. The van der Waals surface area contributed by atoms with E-state index in [1.807, 2.05) is 53.1 Å². The number of benzene rings is 1. The first-order valence-electron chi connectivity index (χ1n) is 6.61. The summed E-state index contributed by atoms with van der Waals surface area (Å²) in [5.74, 6) is -0.404. The lowest BCUT2D eigenvalue weighted by Crippen LogP contribution is -2.07. The first kappa shape index (κ1) is 13.8. The molecule has 5 heteroatoms. The van der Waals surface area contributed by atoms with Gasteiger partial charge in [0.15, 0.2) is 5.69 Å². The smallest absolute Gasteiger partial charge is 0.359 e. The van der Waals surface area contributed by atoms with Crippen molar-refractivity contribution in [2.45, 2.75) is 6.92 Å². The molecular weight excluding hydrogens is 332 g/mol. The highest BCUT2D eigenvalue weighted by molar-refractivity contribution is 9.10. The monoisotopic (exact) mass is 344 g/mol. The van der Waals surface area contributed by atoms with Crippen LogP contribution < -0.4 is 0 Å². The Kier molecular flexibility index (Phi) is 3.75. The third-order valence-electron chi connectivity index (χ3n) is 3.12. The molecule has 0 aliphatic carbocycles. The zero-order chi connectivity index (χ0) is 14.8. The van der Waals surface area contributed by atoms with Gasteiger partial charge in [0.25, 0.3) is 0 Å². The number of hydrogen-bond donors (Lipinski definition) is 0. The Hall–Kier alpha value is -2.14. The lowest BCUT2D eigenvalue weighted by Gasteiger charge is -2.05. The van der Waals surface area contributed by atoms with E-state index in [9.17, 15) is 4.79 Å². The molecule has 3 rings (SSSR count). The minimum Gasteiger partial charge on any atom is -0.461 e. The Balaban J connectivity index is 2.24. The van der Waals surface area contributed by atoms with E-state index in [1.54, 1.807) is 6.92 Å². The van der Waals surface area contributed by atoms with Crippen LogP contribution in [-0.2, 0) is 4.74 Å². The van der Waals surface area contributed by atoms with Crippen molar-refractivity contribution in [2.24, 2.45) is 0 Å².